The van der Waals surface area contributed by atoms with Crippen LogP contribution in [0.25, 0.3) is 10.9 Å². The number of H-pyrrole nitrogens is 1. The number of anilines is 1. The first-order valence-corrected chi connectivity index (χ1v) is 12.5. The summed E-state index contributed by atoms with van der Waals surface area (Å²) in [7, 11) is 0. The maximum absolute atomic E-state index is 14.4. The van der Waals surface area contributed by atoms with Gasteiger partial charge in [-0.05, 0) is 36.5 Å². The summed E-state index contributed by atoms with van der Waals surface area (Å²) in [5.74, 6) is -8.48. The monoisotopic (exact) mass is 559 g/mol. The normalized spacial score (nSPS) is 22.5. The maximum atomic E-state index is 14.4. The quantitative estimate of drug-likeness (QED) is 0.401. The number of likely N-dealkylation sites (tertiary alicyclic amines) is 1. The van der Waals surface area contributed by atoms with Crippen molar-refractivity contribution in [2.24, 2.45) is 11.7 Å². The van der Waals surface area contributed by atoms with E-state index in [9.17, 15) is 32.3 Å². The third-order valence-corrected chi connectivity index (χ3v) is 7.53. The van der Waals surface area contributed by atoms with Crippen LogP contribution in [0.1, 0.15) is 48.2 Å². The minimum atomic E-state index is -3.29. The number of primary amides is 1. The van der Waals surface area contributed by atoms with Crippen molar-refractivity contribution >= 4 is 40.2 Å². The van der Waals surface area contributed by atoms with E-state index in [1.54, 1.807) is 13.8 Å². The number of hydrogen-bond acceptors (Lipinski definition) is 4. The Morgan fingerprint density at radius 1 is 1.25 bits per heavy atom. The number of nitrogens with zero attached hydrogens (tertiary/aromatic N) is 2. The van der Waals surface area contributed by atoms with Crippen molar-refractivity contribution in [3.05, 3.63) is 65.1 Å². The number of benzene rings is 2. The molecule has 2 aromatic carbocycles. The summed E-state index contributed by atoms with van der Waals surface area (Å²) in [6, 6.07) is 2.44. The standard InChI is InChI=1S/C28H28F3N5O4/c1-13(2)8-20(35(3)25(38)19-9-14-16(29)10-17(30)22(31)23(14)33-19)26(39)36-12-28(11-21(36)24(32)37)15-6-4-5-7-18(15)34-27(28)40/h4-7,9-10,13,20-21,33H,8,11-12H2,1-3H3,(H2,32,37)(H,34,40)/t20-,21-,28-/m0/s1/i3D3,4D. The van der Waals surface area contributed by atoms with E-state index in [0.29, 0.717) is 11.3 Å². The number of aromatic nitrogens is 1. The van der Waals surface area contributed by atoms with Gasteiger partial charge < -0.3 is 25.8 Å². The van der Waals surface area contributed by atoms with Crippen LogP contribution in [0.4, 0.5) is 18.9 Å². The molecule has 5 rings (SSSR count). The molecule has 12 heteroatoms. The van der Waals surface area contributed by atoms with Gasteiger partial charge in [-0.3, -0.25) is 19.2 Å². The van der Waals surface area contributed by atoms with Crippen molar-refractivity contribution in [3.8, 4) is 0 Å². The molecule has 40 heavy (non-hydrogen) atoms. The van der Waals surface area contributed by atoms with Crippen molar-refractivity contribution in [1.29, 1.82) is 0 Å². The number of fused-ring (bicyclic) bond motifs is 3. The Morgan fingerprint density at radius 2 is 2.00 bits per heavy atom. The highest BCUT2D eigenvalue weighted by Gasteiger charge is 2.57. The summed E-state index contributed by atoms with van der Waals surface area (Å²) in [5, 5.41) is 2.18. The lowest BCUT2D eigenvalue weighted by Gasteiger charge is -2.33. The predicted octanol–water partition coefficient (Wildman–Crippen LogP) is 3.05. The average Bonchev–Trinajstić information content (AvgIpc) is 3.61. The Bertz CT molecular complexity index is 1730. The molecule has 4 N–H and O–H groups in total. The zero-order valence-corrected chi connectivity index (χ0v) is 21.5. The van der Waals surface area contributed by atoms with E-state index >= 15 is 0 Å². The SMILES string of the molecule is [2H]c1ccc2c(c1)[C@@]1(C[C@@H](C(N)=O)N(C(=O)[C@H](CC(C)C)N(C(=O)c3cc4c(F)cc(F)c(F)c4[nH]3)C([2H])([2H])[2H])C1)C(=O)N2. The van der Waals surface area contributed by atoms with Crippen LogP contribution < -0.4 is 11.1 Å². The van der Waals surface area contributed by atoms with E-state index in [1.807, 2.05) is 0 Å². The second kappa shape index (κ2) is 9.68. The van der Waals surface area contributed by atoms with Gasteiger partial charge in [-0.2, -0.15) is 0 Å². The largest absolute Gasteiger partial charge is 0.368 e. The highest BCUT2D eigenvalue weighted by molar-refractivity contribution is 6.08. The Balaban J connectivity index is 1.59. The zero-order valence-electron chi connectivity index (χ0n) is 25.5. The van der Waals surface area contributed by atoms with Crippen molar-refractivity contribution in [2.75, 3.05) is 18.8 Å². The number of rotatable bonds is 6. The molecular formula is C28H28F3N5O4. The van der Waals surface area contributed by atoms with Gasteiger partial charge in [-0.1, -0.05) is 32.0 Å². The van der Waals surface area contributed by atoms with Crippen LogP contribution in [0.5, 0.6) is 0 Å². The van der Waals surface area contributed by atoms with Gasteiger partial charge in [0.15, 0.2) is 11.6 Å². The molecule has 1 fully saturated rings. The number of carbonyl (C=O) groups excluding carboxylic acids is 4. The molecule has 3 heterocycles. The molecule has 0 aliphatic carbocycles. The Labute approximate surface area is 233 Å². The van der Waals surface area contributed by atoms with E-state index in [0.717, 1.165) is 11.0 Å². The van der Waals surface area contributed by atoms with Gasteiger partial charge in [0, 0.05) is 34.8 Å². The molecule has 4 amide bonds. The summed E-state index contributed by atoms with van der Waals surface area (Å²) < 4.78 is 75.2. The number of halogens is 3. The number of nitrogens with one attached hydrogen (secondary N) is 2. The molecule has 0 bridgehead atoms. The molecule has 1 aromatic heterocycles. The number of nitrogens with two attached hydrogens (primary N) is 1. The van der Waals surface area contributed by atoms with Gasteiger partial charge >= 0.3 is 0 Å². The van der Waals surface area contributed by atoms with Crippen LogP contribution in [0, 0.1) is 23.4 Å². The Hall–Kier alpha value is -4.35. The van der Waals surface area contributed by atoms with Crippen molar-refractivity contribution in [1.82, 2.24) is 14.8 Å². The fraction of sp³-hybridized carbons (Fsp3) is 0.357. The predicted molar refractivity (Wildman–Crippen MR) is 140 cm³/mol. The van der Waals surface area contributed by atoms with E-state index < -0.39 is 94.6 Å². The first-order valence-electron chi connectivity index (χ1n) is 14.5. The molecule has 2 aliphatic heterocycles. The molecule has 0 radical (unpaired) electrons. The minimum absolute atomic E-state index is 0.0722. The van der Waals surface area contributed by atoms with Crippen molar-refractivity contribution < 1.29 is 37.8 Å². The topological polar surface area (TPSA) is 129 Å². The fourth-order valence-electron chi connectivity index (χ4n) is 5.58. The lowest BCUT2D eigenvalue weighted by molar-refractivity contribution is -0.141. The number of aromatic amines is 1. The molecule has 3 atom stereocenters. The highest BCUT2D eigenvalue weighted by atomic mass is 19.2. The van der Waals surface area contributed by atoms with Crippen LogP contribution >= 0.6 is 0 Å². The molecule has 3 aromatic rings. The molecule has 1 saturated heterocycles. The average molecular weight is 560 g/mol. The van der Waals surface area contributed by atoms with Gasteiger partial charge in [0.25, 0.3) is 5.91 Å². The van der Waals surface area contributed by atoms with E-state index in [-0.39, 0.29) is 29.9 Å². The number of likely N-dealkylation sites (N-methyl/N-ethyl adjacent to an activating group) is 1. The molecule has 0 unspecified atom stereocenters. The summed E-state index contributed by atoms with van der Waals surface area (Å²) in [4.78, 5) is 57.5. The number of para-hydroxylation sites is 1. The van der Waals surface area contributed by atoms with Crippen LogP contribution in [0.15, 0.2) is 36.4 Å². The number of amides is 4. The van der Waals surface area contributed by atoms with Gasteiger partial charge in [0.05, 0.1) is 12.3 Å². The third-order valence-electron chi connectivity index (χ3n) is 7.53. The second-order valence-corrected chi connectivity index (χ2v) is 10.5. The second-order valence-electron chi connectivity index (χ2n) is 10.5. The first-order chi connectivity index (χ1) is 20.5. The summed E-state index contributed by atoms with van der Waals surface area (Å²) in [6.45, 7) is -0.372. The number of hydrogen-bond donors (Lipinski definition) is 3. The van der Waals surface area contributed by atoms with Gasteiger partial charge in [0.2, 0.25) is 17.7 Å². The lowest BCUT2D eigenvalue weighted by atomic mass is 9.79. The minimum Gasteiger partial charge on any atom is -0.368 e. The van der Waals surface area contributed by atoms with Crippen LogP contribution in [0.2, 0.25) is 0 Å². The Kier molecular flexibility index (Phi) is 5.44. The van der Waals surface area contributed by atoms with Gasteiger partial charge in [-0.15, -0.1) is 0 Å². The molecule has 210 valence electrons. The molecule has 9 nitrogen and oxygen atoms in total. The van der Waals surface area contributed by atoms with Crippen molar-refractivity contribution in [3.63, 3.8) is 0 Å². The van der Waals surface area contributed by atoms with E-state index in [2.05, 4.69) is 10.3 Å². The molecule has 1 spiro atoms. The number of carbonyl (C=O) groups is 4. The van der Waals surface area contributed by atoms with E-state index in [1.165, 1.54) is 18.2 Å². The third kappa shape index (κ3) is 4.18. The smallest absolute Gasteiger partial charge is 0.270 e. The lowest BCUT2D eigenvalue weighted by Crippen LogP contribution is -2.54. The zero-order chi connectivity index (χ0) is 32.5. The van der Waals surface area contributed by atoms with Crippen molar-refractivity contribution in [2.45, 2.75) is 44.2 Å². The Morgan fingerprint density at radius 3 is 2.67 bits per heavy atom. The van der Waals surface area contributed by atoms with Gasteiger partial charge in [0.1, 0.15) is 23.6 Å². The van der Waals surface area contributed by atoms with E-state index in [4.69, 9.17) is 11.2 Å². The van der Waals surface area contributed by atoms with Gasteiger partial charge in [-0.25, -0.2) is 13.2 Å². The fourth-order valence-corrected chi connectivity index (χ4v) is 5.58. The molecule has 2 aliphatic rings. The van der Waals surface area contributed by atoms with Crippen LogP contribution in [-0.4, -0.2) is 64.0 Å². The summed E-state index contributed by atoms with van der Waals surface area (Å²) in [6.07, 6.45) is -0.478. The highest BCUT2D eigenvalue weighted by Crippen LogP contribution is 2.46. The summed E-state index contributed by atoms with van der Waals surface area (Å²) >= 11 is 0. The van der Waals surface area contributed by atoms with Crippen LogP contribution in [0.3, 0.4) is 0 Å². The summed E-state index contributed by atoms with van der Waals surface area (Å²) in [5.41, 5.74) is 3.61. The molecule has 0 saturated carbocycles. The van der Waals surface area contributed by atoms with Crippen LogP contribution in [-0.2, 0) is 19.8 Å². The molecular weight excluding hydrogens is 527 g/mol. The first kappa shape index (κ1) is 22.5. The maximum Gasteiger partial charge on any atom is 0.270 e.